The largest absolute Gasteiger partial charge is 0.303 e. The van der Waals surface area contributed by atoms with E-state index >= 15 is 0 Å². The van der Waals surface area contributed by atoms with Gasteiger partial charge in [0, 0.05) is 4.43 Å². The van der Waals surface area contributed by atoms with Gasteiger partial charge < -0.3 is 4.90 Å². The van der Waals surface area contributed by atoms with Crippen molar-refractivity contribution >= 4 is 22.6 Å². The highest BCUT2D eigenvalue weighted by Crippen LogP contribution is 2.07. The number of alkyl halides is 1. The maximum atomic E-state index is 2.57. The molecule has 54 valence electrons. The fourth-order valence-corrected chi connectivity index (χ4v) is 1.63. The van der Waals surface area contributed by atoms with Gasteiger partial charge in [0.05, 0.1) is 0 Å². The minimum absolute atomic E-state index is 1.31. The monoisotopic (exact) mass is 239 g/mol. The summed E-state index contributed by atoms with van der Waals surface area (Å²) in [5, 5.41) is 0. The zero-order valence-electron chi connectivity index (χ0n) is 5.77. The van der Waals surface area contributed by atoms with Gasteiger partial charge >= 0.3 is 0 Å². The van der Waals surface area contributed by atoms with Crippen LogP contribution in [0.2, 0.25) is 0 Å². The van der Waals surface area contributed by atoms with Crippen molar-refractivity contribution in [2.75, 3.05) is 24.1 Å². The first-order valence-corrected chi connectivity index (χ1v) is 5.24. The Morgan fingerprint density at radius 1 is 1.22 bits per heavy atom. The number of hydrogen-bond acceptors (Lipinski definition) is 1. The molecule has 0 aromatic carbocycles. The van der Waals surface area contributed by atoms with Crippen LogP contribution < -0.4 is 0 Å². The van der Waals surface area contributed by atoms with Crippen molar-refractivity contribution < 1.29 is 0 Å². The molecule has 9 heavy (non-hydrogen) atoms. The van der Waals surface area contributed by atoms with Crippen LogP contribution >= 0.6 is 22.6 Å². The lowest BCUT2D eigenvalue weighted by molar-refractivity contribution is 0.341. The van der Waals surface area contributed by atoms with Gasteiger partial charge in [0.15, 0.2) is 0 Å². The molecule has 0 aromatic heterocycles. The molecule has 0 bridgehead atoms. The van der Waals surface area contributed by atoms with E-state index in [9.17, 15) is 0 Å². The van der Waals surface area contributed by atoms with E-state index in [4.69, 9.17) is 0 Å². The van der Waals surface area contributed by atoms with Crippen molar-refractivity contribution in [3.05, 3.63) is 0 Å². The van der Waals surface area contributed by atoms with Crippen molar-refractivity contribution in [3.63, 3.8) is 0 Å². The summed E-state index contributed by atoms with van der Waals surface area (Å²) in [4.78, 5) is 2.57. The van der Waals surface area contributed by atoms with Crippen LogP contribution in [0.15, 0.2) is 0 Å². The van der Waals surface area contributed by atoms with Crippen molar-refractivity contribution in [3.8, 4) is 0 Å². The molecule has 1 fully saturated rings. The zero-order chi connectivity index (χ0) is 6.53. The molecule has 0 spiro atoms. The molecular formula is C7H14IN. The standard InChI is InChI=1S/C7H14IN/c8-4-3-7-9-5-1-2-6-9/h1-7H2. The van der Waals surface area contributed by atoms with Crippen LogP contribution in [0.25, 0.3) is 0 Å². The molecular weight excluding hydrogens is 225 g/mol. The minimum Gasteiger partial charge on any atom is -0.303 e. The Kier molecular flexibility index (Phi) is 3.89. The van der Waals surface area contributed by atoms with Gasteiger partial charge in [-0.3, -0.25) is 0 Å². The van der Waals surface area contributed by atoms with Crippen LogP contribution in [-0.4, -0.2) is 29.0 Å². The fourth-order valence-electron chi connectivity index (χ4n) is 1.29. The third kappa shape index (κ3) is 2.85. The number of likely N-dealkylation sites (tertiary alicyclic amines) is 1. The molecule has 0 saturated carbocycles. The summed E-state index contributed by atoms with van der Waals surface area (Å²) in [7, 11) is 0. The Labute approximate surface area is 70.9 Å². The zero-order valence-corrected chi connectivity index (χ0v) is 7.93. The summed E-state index contributed by atoms with van der Waals surface area (Å²) in [6.45, 7) is 4.05. The van der Waals surface area contributed by atoms with Crippen molar-refractivity contribution in [2.45, 2.75) is 19.3 Å². The van der Waals surface area contributed by atoms with E-state index in [1.54, 1.807) is 0 Å². The molecule has 1 aliphatic rings. The lowest BCUT2D eigenvalue weighted by Gasteiger charge is -2.12. The van der Waals surface area contributed by atoms with Gasteiger partial charge in [-0.1, -0.05) is 22.6 Å². The smallest absolute Gasteiger partial charge is 0.000744 e. The molecule has 0 atom stereocenters. The predicted molar refractivity (Wildman–Crippen MR) is 49.2 cm³/mol. The highest BCUT2D eigenvalue weighted by atomic mass is 127. The first-order valence-electron chi connectivity index (χ1n) is 3.72. The molecule has 1 heterocycles. The van der Waals surface area contributed by atoms with Crippen molar-refractivity contribution in [1.82, 2.24) is 4.90 Å². The summed E-state index contributed by atoms with van der Waals surface area (Å²) < 4.78 is 1.31. The van der Waals surface area contributed by atoms with Crippen LogP contribution in [0.4, 0.5) is 0 Å². The van der Waals surface area contributed by atoms with Crippen LogP contribution in [0.5, 0.6) is 0 Å². The molecule has 0 amide bonds. The van der Waals surface area contributed by atoms with Gasteiger partial charge in [-0.15, -0.1) is 0 Å². The van der Waals surface area contributed by atoms with Gasteiger partial charge in [-0.05, 0) is 38.9 Å². The van der Waals surface area contributed by atoms with E-state index in [0.717, 1.165) is 0 Å². The number of hydrogen-bond donors (Lipinski definition) is 0. The third-order valence-corrected chi connectivity index (χ3v) is 2.57. The quantitative estimate of drug-likeness (QED) is 0.537. The van der Waals surface area contributed by atoms with Crippen LogP contribution in [0, 0.1) is 0 Å². The summed E-state index contributed by atoms with van der Waals surface area (Å²) in [5.41, 5.74) is 0. The lowest BCUT2D eigenvalue weighted by atomic mass is 10.4. The Morgan fingerprint density at radius 2 is 1.89 bits per heavy atom. The van der Waals surface area contributed by atoms with Crippen LogP contribution in [-0.2, 0) is 0 Å². The van der Waals surface area contributed by atoms with Crippen LogP contribution in [0.1, 0.15) is 19.3 Å². The second-order valence-electron chi connectivity index (χ2n) is 2.59. The highest BCUT2D eigenvalue weighted by Gasteiger charge is 2.09. The fraction of sp³-hybridized carbons (Fsp3) is 1.00. The molecule has 1 nitrogen and oxygen atoms in total. The van der Waals surface area contributed by atoms with Gasteiger partial charge in [-0.25, -0.2) is 0 Å². The summed E-state index contributed by atoms with van der Waals surface area (Å²) in [5.74, 6) is 0. The molecule has 0 radical (unpaired) electrons. The molecule has 0 aromatic rings. The Morgan fingerprint density at radius 3 is 2.44 bits per heavy atom. The number of halogens is 1. The maximum Gasteiger partial charge on any atom is 0.000744 e. The van der Waals surface area contributed by atoms with Gasteiger partial charge in [0.2, 0.25) is 0 Å². The van der Waals surface area contributed by atoms with E-state index < -0.39 is 0 Å². The van der Waals surface area contributed by atoms with Crippen molar-refractivity contribution in [1.29, 1.82) is 0 Å². The second kappa shape index (κ2) is 4.50. The van der Waals surface area contributed by atoms with Gasteiger partial charge in [0.25, 0.3) is 0 Å². The molecule has 0 unspecified atom stereocenters. The Hall–Kier alpha value is 0.690. The summed E-state index contributed by atoms with van der Waals surface area (Å²) >= 11 is 2.45. The number of rotatable bonds is 3. The van der Waals surface area contributed by atoms with E-state index in [2.05, 4.69) is 27.5 Å². The maximum absolute atomic E-state index is 2.57. The number of nitrogens with zero attached hydrogens (tertiary/aromatic N) is 1. The van der Waals surface area contributed by atoms with E-state index in [1.807, 2.05) is 0 Å². The van der Waals surface area contributed by atoms with Crippen molar-refractivity contribution in [2.24, 2.45) is 0 Å². The molecule has 2 heteroatoms. The molecule has 0 aliphatic carbocycles. The Balaban J connectivity index is 1.98. The average Bonchev–Trinajstić information content (AvgIpc) is 2.34. The van der Waals surface area contributed by atoms with Crippen LogP contribution in [0.3, 0.4) is 0 Å². The first-order chi connectivity index (χ1) is 4.43. The lowest BCUT2D eigenvalue weighted by Crippen LogP contribution is -2.20. The molecule has 1 saturated heterocycles. The van der Waals surface area contributed by atoms with Gasteiger partial charge in [-0.2, -0.15) is 0 Å². The summed E-state index contributed by atoms with van der Waals surface area (Å²) in [6, 6.07) is 0. The highest BCUT2D eigenvalue weighted by molar-refractivity contribution is 14.1. The SMILES string of the molecule is ICCCN1CCCC1. The summed E-state index contributed by atoms with van der Waals surface area (Å²) in [6.07, 6.45) is 4.24. The normalized spacial score (nSPS) is 21.0. The topological polar surface area (TPSA) is 3.24 Å². The molecule has 1 rings (SSSR count). The third-order valence-electron chi connectivity index (χ3n) is 1.81. The molecule has 0 N–H and O–H groups in total. The average molecular weight is 239 g/mol. The Bertz CT molecular complexity index is 69.3. The van der Waals surface area contributed by atoms with E-state index in [1.165, 1.54) is 43.3 Å². The van der Waals surface area contributed by atoms with E-state index in [-0.39, 0.29) is 0 Å². The van der Waals surface area contributed by atoms with Gasteiger partial charge in [0.1, 0.15) is 0 Å². The molecule has 1 aliphatic heterocycles. The first kappa shape index (κ1) is 7.79. The minimum atomic E-state index is 1.31. The second-order valence-corrected chi connectivity index (χ2v) is 3.67. The predicted octanol–water partition coefficient (Wildman–Crippen LogP) is 1.91. The van der Waals surface area contributed by atoms with E-state index in [0.29, 0.717) is 0 Å².